The van der Waals surface area contributed by atoms with Crippen molar-refractivity contribution in [2.45, 2.75) is 25.3 Å². The Morgan fingerprint density at radius 3 is 3.00 bits per heavy atom. The molecule has 1 unspecified atom stereocenters. The third-order valence-corrected chi connectivity index (χ3v) is 2.71. The molecule has 3 nitrogen and oxygen atoms in total. The summed E-state index contributed by atoms with van der Waals surface area (Å²) in [5, 5.41) is 3.01. The fourth-order valence-electron chi connectivity index (χ4n) is 1.54. The highest BCUT2D eigenvalue weighted by molar-refractivity contribution is 7.99. The summed E-state index contributed by atoms with van der Waals surface area (Å²) in [5.41, 5.74) is -0.134. The molecular formula is C9H17NO2S. The zero-order valence-electron chi connectivity index (χ0n) is 8.26. The minimum atomic E-state index is -0.134. The van der Waals surface area contributed by atoms with E-state index in [2.05, 4.69) is 5.32 Å². The molecule has 1 atom stereocenters. The Labute approximate surface area is 83.6 Å². The molecule has 13 heavy (non-hydrogen) atoms. The maximum atomic E-state index is 11.3. The number of thioether (sulfide) groups is 1. The van der Waals surface area contributed by atoms with Crippen LogP contribution in [0.4, 0.5) is 0 Å². The van der Waals surface area contributed by atoms with Crippen molar-refractivity contribution < 1.29 is 9.53 Å². The summed E-state index contributed by atoms with van der Waals surface area (Å²) < 4.78 is 5.34. The van der Waals surface area contributed by atoms with E-state index in [-0.39, 0.29) is 11.4 Å². The summed E-state index contributed by atoms with van der Waals surface area (Å²) in [6.07, 6.45) is 3.99. The van der Waals surface area contributed by atoms with Gasteiger partial charge in [-0.1, -0.05) is 0 Å². The number of carbonyl (C=O) groups excluding carboxylic acids is 1. The van der Waals surface area contributed by atoms with Gasteiger partial charge in [0.2, 0.25) is 5.91 Å². The van der Waals surface area contributed by atoms with Gasteiger partial charge < -0.3 is 10.1 Å². The summed E-state index contributed by atoms with van der Waals surface area (Å²) in [6, 6.07) is 0. The maximum Gasteiger partial charge on any atom is 0.230 e. The first-order valence-corrected chi connectivity index (χ1v) is 5.93. The smallest absolute Gasteiger partial charge is 0.230 e. The first-order valence-electron chi connectivity index (χ1n) is 4.54. The molecule has 1 rings (SSSR count). The molecule has 1 N–H and O–H groups in total. The van der Waals surface area contributed by atoms with E-state index in [9.17, 15) is 4.79 Å². The molecule has 0 aliphatic carbocycles. The molecule has 1 aliphatic rings. The second kappa shape index (κ2) is 4.86. The van der Waals surface area contributed by atoms with Gasteiger partial charge in [-0.3, -0.25) is 4.79 Å². The minimum absolute atomic E-state index is 0.112. The van der Waals surface area contributed by atoms with Crippen LogP contribution >= 0.6 is 11.8 Å². The average molecular weight is 203 g/mol. The molecule has 4 heteroatoms. The van der Waals surface area contributed by atoms with E-state index >= 15 is 0 Å². The van der Waals surface area contributed by atoms with Gasteiger partial charge in [-0.25, -0.2) is 0 Å². The number of carbonyl (C=O) groups is 1. The summed E-state index contributed by atoms with van der Waals surface area (Å²) in [6.45, 7) is 3.52. The largest absolute Gasteiger partial charge is 0.379 e. The molecular weight excluding hydrogens is 186 g/mol. The van der Waals surface area contributed by atoms with Crippen LogP contribution in [0, 0.1) is 0 Å². The minimum Gasteiger partial charge on any atom is -0.379 e. The van der Waals surface area contributed by atoms with Gasteiger partial charge >= 0.3 is 0 Å². The van der Waals surface area contributed by atoms with Crippen LogP contribution in [0.15, 0.2) is 0 Å². The molecule has 1 heterocycles. The molecule has 1 saturated heterocycles. The van der Waals surface area contributed by atoms with Gasteiger partial charge in [0.05, 0.1) is 17.9 Å². The lowest BCUT2D eigenvalue weighted by Gasteiger charge is -2.34. The number of hydrogen-bond donors (Lipinski definition) is 1. The van der Waals surface area contributed by atoms with Crippen molar-refractivity contribution in [3.05, 3.63) is 0 Å². The standard InChI is InChI=1S/C9H17NO2S/c1-9(4-3-5-12-7-9)10-8(11)6-13-2/h3-7H2,1-2H3,(H,10,11). The van der Waals surface area contributed by atoms with Gasteiger partial charge in [0.1, 0.15) is 0 Å². The monoisotopic (exact) mass is 203 g/mol. The van der Waals surface area contributed by atoms with Gasteiger partial charge in [0.25, 0.3) is 0 Å². The Balaban J connectivity index is 2.36. The van der Waals surface area contributed by atoms with Crippen molar-refractivity contribution in [2.75, 3.05) is 25.2 Å². The lowest BCUT2D eigenvalue weighted by atomic mass is 9.95. The predicted octanol–water partition coefficient (Wildman–Crippen LogP) is 1.03. The summed E-state index contributed by atoms with van der Waals surface area (Å²) in [7, 11) is 0. The molecule has 1 aliphatic heterocycles. The zero-order valence-corrected chi connectivity index (χ0v) is 9.08. The zero-order chi connectivity index (χ0) is 9.73. The fraction of sp³-hybridized carbons (Fsp3) is 0.889. The highest BCUT2D eigenvalue weighted by Crippen LogP contribution is 2.18. The normalized spacial score (nSPS) is 28.5. The molecule has 1 amide bonds. The van der Waals surface area contributed by atoms with Crippen LogP contribution in [-0.4, -0.2) is 36.7 Å². The summed E-state index contributed by atoms with van der Waals surface area (Å²) >= 11 is 1.54. The number of rotatable bonds is 3. The van der Waals surface area contributed by atoms with Crippen LogP contribution in [0.5, 0.6) is 0 Å². The Hall–Kier alpha value is -0.220. The molecule has 0 aromatic heterocycles. The second-order valence-corrected chi connectivity index (χ2v) is 4.56. The van der Waals surface area contributed by atoms with Crippen molar-refractivity contribution in [1.29, 1.82) is 0 Å². The quantitative estimate of drug-likeness (QED) is 0.744. The number of amides is 1. The number of ether oxygens (including phenoxy) is 1. The Kier molecular flexibility index (Phi) is 4.06. The second-order valence-electron chi connectivity index (χ2n) is 3.70. The van der Waals surface area contributed by atoms with E-state index in [0.717, 1.165) is 19.4 Å². The highest BCUT2D eigenvalue weighted by atomic mass is 32.2. The van der Waals surface area contributed by atoms with Crippen molar-refractivity contribution in [2.24, 2.45) is 0 Å². The number of hydrogen-bond acceptors (Lipinski definition) is 3. The highest BCUT2D eigenvalue weighted by Gasteiger charge is 2.28. The Morgan fingerprint density at radius 2 is 2.46 bits per heavy atom. The fourth-order valence-corrected chi connectivity index (χ4v) is 1.87. The van der Waals surface area contributed by atoms with Crippen molar-refractivity contribution in [3.63, 3.8) is 0 Å². The third kappa shape index (κ3) is 3.56. The van der Waals surface area contributed by atoms with Crippen LogP contribution < -0.4 is 5.32 Å². The molecule has 76 valence electrons. The molecule has 1 fully saturated rings. The van der Waals surface area contributed by atoms with E-state index in [1.165, 1.54) is 0 Å². The maximum absolute atomic E-state index is 11.3. The van der Waals surface area contributed by atoms with Crippen molar-refractivity contribution >= 4 is 17.7 Å². The Morgan fingerprint density at radius 1 is 1.69 bits per heavy atom. The third-order valence-electron chi connectivity index (χ3n) is 2.15. The first kappa shape index (κ1) is 10.9. The van der Waals surface area contributed by atoms with Gasteiger partial charge in [0, 0.05) is 6.61 Å². The SMILES string of the molecule is CSCC(=O)NC1(C)CCCOC1. The van der Waals surface area contributed by atoms with E-state index in [1.54, 1.807) is 11.8 Å². The molecule has 0 bridgehead atoms. The van der Waals surface area contributed by atoms with Crippen molar-refractivity contribution in [3.8, 4) is 0 Å². The molecule has 0 aromatic rings. The lowest BCUT2D eigenvalue weighted by Crippen LogP contribution is -2.52. The van der Waals surface area contributed by atoms with Crippen LogP contribution in [0.2, 0.25) is 0 Å². The van der Waals surface area contributed by atoms with Crippen LogP contribution in [-0.2, 0) is 9.53 Å². The predicted molar refractivity (Wildman–Crippen MR) is 55.0 cm³/mol. The van der Waals surface area contributed by atoms with Gasteiger partial charge in [0.15, 0.2) is 0 Å². The first-order chi connectivity index (χ1) is 6.16. The van der Waals surface area contributed by atoms with E-state index in [0.29, 0.717) is 12.4 Å². The van der Waals surface area contributed by atoms with E-state index in [4.69, 9.17) is 4.74 Å². The van der Waals surface area contributed by atoms with Gasteiger partial charge in [-0.05, 0) is 26.0 Å². The molecule has 0 saturated carbocycles. The van der Waals surface area contributed by atoms with Crippen LogP contribution in [0.1, 0.15) is 19.8 Å². The van der Waals surface area contributed by atoms with Gasteiger partial charge in [-0.15, -0.1) is 0 Å². The summed E-state index contributed by atoms with van der Waals surface area (Å²) in [5.74, 6) is 0.649. The number of nitrogens with one attached hydrogen (secondary N) is 1. The lowest BCUT2D eigenvalue weighted by molar-refractivity contribution is -0.122. The average Bonchev–Trinajstić information content (AvgIpc) is 2.04. The van der Waals surface area contributed by atoms with Crippen molar-refractivity contribution in [1.82, 2.24) is 5.32 Å². The van der Waals surface area contributed by atoms with Gasteiger partial charge in [-0.2, -0.15) is 11.8 Å². The molecule has 0 aromatic carbocycles. The van der Waals surface area contributed by atoms with Crippen LogP contribution in [0.3, 0.4) is 0 Å². The molecule has 0 radical (unpaired) electrons. The topological polar surface area (TPSA) is 38.3 Å². The molecule has 0 spiro atoms. The van der Waals surface area contributed by atoms with Crippen LogP contribution in [0.25, 0.3) is 0 Å². The Bertz CT molecular complexity index is 178. The summed E-state index contributed by atoms with van der Waals surface area (Å²) in [4.78, 5) is 11.3. The van der Waals surface area contributed by atoms with E-state index < -0.39 is 0 Å². The van der Waals surface area contributed by atoms with E-state index in [1.807, 2.05) is 13.2 Å².